The molecule has 2 atom stereocenters. The number of hydrogen-bond acceptors (Lipinski definition) is 2. The Morgan fingerprint density at radius 1 is 1.45 bits per heavy atom. The van der Waals surface area contributed by atoms with Gasteiger partial charge in [-0.1, -0.05) is 13.0 Å². The monoisotopic (exact) mass is 154 g/mol. The molecule has 0 aliphatic carbocycles. The zero-order chi connectivity index (χ0) is 8.10. The first-order chi connectivity index (χ1) is 5.38. The summed E-state index contributed by atoms with van der Waals surface area (Å²) in [6, 6.07) is 0. The van der Waals surface area contributed by atoms with E-state index < -0.39 is 0 Å². The third-order valence-electron chi connectivity index (χ3n) is 1.92. The molecular formula is C9H14O2. The molecule has 1 aliphatic rings. The molecule has 1 rings (SSSR count). The van der Waals surface area contributed by atoms with Crippen LogP contribution in [0.25, 0.3) is 0 Å². The largest absolute Gasteiger partial charge is 0.370 e. The van der Waals surface area contributed by atoms with Crippen molar-refractivity contribution in [2.75, 3.05) is 0 Å². The Balaban J connectivity index is 1.97. The fourth-order valence-corrected chi connectivity index (χ4v) is 1.20. The summed E-state index contributed by atoms with van der Waals surface area (Å²) in [7, 11) is 0. The highest BCUT2D eigenvalue weighted by molar-refractivity contribution is 5.64. The summed E-state index contributed by atoms with van der Waals surface area (Å²) in [5.74, 6) is 0. The van der Waals surface area contributed by atoms with Crippen molar-refractivity contribution in [2.45, 2.75) is 38.4 Å². The summed E-state index contributed by atoms with van der Waals surface area (Å²) in [4.78, 5) is 9.87. The van der Waals surface area contributed by atoms with Gasteiger partial charge < -0.3 is 4.74 Å². The van der Waals surface area contributed by atoms with E-state index in [0.29, 0.717) is 12.2 Å². The number of carbonyl (C=O) groups excluding carboxylic acids is 1. The molecule has 0 aromatic carbocycles. The Kier molecular flexibility index (Phi) is 3.30. The number of aldehydes is 1. The molecule has 0 saturated carbocycles. The fraction of sp³-hybridized carbons (Fsp3) is 0.667. The lowest BCUT2D eigenvalue weighted by atomic mass is 10.1. The van der Waals surface area contributed by atoms with Gasteiger partial charge in [0.2, 0.25) is 0 Å². The standard InChI is InChI=1S/C9H14O2/c1-2-8-9(11-8)6-4-3-5-7-10/h3,5,7-9H,2,4,6H2,1H3/t8-,9-/m1/s1. The van der Waals surface area contributed by atoms with Crippen molar-refractivity contribution < 1.29 is 9.53 Å². The maximum absolute atomic E-state index is 9.87. The van der Waals surface area contributed by atoms with Gasteiger partial charge in [0.05, 0.1) is 12.2 Å². The maximum atomic E-state index is 9.87. The van der Waals surface area contributed by atoms with Gasteiger partial charge in [0.15, 0.2) is 0 Å². The summed E-state index contributed by atoms with van der Waals surface area (Å²) in [5, 5.41) is 0. The second-order valence-corrected chi connectivity index (χ2v) is 2.76. The molecule has 2 nitrogen and oxygen atoms in total. The van der Waals surface area contributed by atoms with Crippen LogP contribution in [0.15, 0.2) is 12.2 Å². The van der Waals surface area contributed by atoms with Crippen LogP contribution in [0.2, 0.25) is 0 Å². The van der Waals surface area contributed by atoms with E-state index in [1.54, 1.807) is 6.08 Å². The fourth-order valence-electron chi connectivity index (χ4n) is 1.20. The average Bonchev–Trinajstić information content (AvgIpc) is 2.77. The molecule has 2 heteroatoms. The highest BCUT2D eigenvalue weighted by Crippen LogP contribution is 2.28. The molecule has 0 amide bonds. The Bertz CT molecular complexity index is 152. The predicted octanol–water partition coefficient (Wildman–Crippen LogP) is 1.70. The topological polar surface area (TPSA) is 29.6 Å². The SMILES string of the molecule is CC[C@H]1O[C@@H]1CCC=CC=O. The maximum Gasteiger partial charge on any atom is 0.142 e. The Hall–Kier alpha value is -0.630. The van der Waals surface area contributed by atoms with Crippen molar-refractivity contribution in [1.29, 1.82) is 0 Å². The molecule has 62 valence electrons. The summed E-state index contributed by atoms with van der Waals surface area (Å²) >= 11 is 0. The van der Waals surface area contributed by atoms with Crippen molar-refractivity contribution in [1.82, 2.24) is 0 Å². The normalized spacial score (nSPS) is 29.2. The number of hydrogen-bond donors (Lipinski definition) is 0. The molecule has 0 spiro atoms. The van der Waals surface area contributed by atoms with Crippen molar-refractivity contribution in [3.63, 3.8) is 0 Å². The van der Waals surface area contributed by atoms with E-state index in [1.165, 1.54) is 0 Å². The number of epoxide rings is 1. The zero-order valence-electron chi connectivity index (χ0n) is 6.82. The minimum absolute atomic E-state index is 0.469. The van der Waals surface area contributed by atoms with Gasteiger partial charge in [-0.25, -0.2) is 0 Å². The van der Waals surface area contributed by atoms with E-state index in [0.717, 1.165) is 25.5 Å². The molecule has 0 unspecified atom stereocenters. The molecule has 11 heavy (non-hydrogen) atoms. The van der Waals surface area contributed by atoms with Crippen molar-refractivity contribution in [2.24, 2.45) is 0 Å². The van der Waals surface area contributed by atoms with Crippen LogP contribution in [-0.2, 0) is 9.53 Å². The molecule has 1 aliphatic heterocycles. The van der Waals surface area contributed by atoms with Gasteiger partial charge in [-0.3, -0.25) is 4.79 Å². The first-order valence-corrected chi connectivity index (χ1v) is 4.14. The molecular weight excluding hydrogens is 140 g/mol. The lowest BCUT2D eigenvalue weighted by Gasteiger charge is -1.86. The first-order valence-electron chi connectivity index (χ1n) is 4.14. The molecule has 1 fully saturated rings. The Morgan fingerprint density at radius 2 is 2.27 bits per heavy atom. The number of ether oxygens (including phenoxy) is 1. The second kappa shape index (κ2) is 4.29. The van der Waals surface area contributed by atoms with Gasteiger partial charge in [-0.15, -0.1) is 0 Å². The summed E-state index contributed by atoms with van der Waals surface area (Å²) in [5.41, 5.74) is 0. The second-order valence-electron chi connectivity index (χ2n) is 2.76. The van der Waals surface area contributed by atoms with Gasteiger partial charge in [0.1, 0.15) is 6.29 Å². The quantitative estimate of drug-likeness (QED) is 0.342. The van der Waals surface area contributed by atoms with Crippen molar-refractivity contribution >= 4 is 6.29 Å². The van der Waals surface area contributed by atoms with Crippen LogP contribution in [0.5, 0.6) is 0 Å². The molecule has 0 bridgehead atoms. The molecule has 1 heterocycles. The van der Waals surface area contributed by atoms with Crippen molar-refractivity contribution in [3.8, 4) is 0 Å². The van der Waals surface area contributed by atoms with Gasteiger partial charge in [0, 0.05) is 0 Å². The van der Waals surface area contributed by atoms with Crippen molar-refractivity contribution in [3.05, 3.63) is 12.2 Å². The lowest BCUT2D eigenvalue weighted by molar-refractivity contribution is -0.104. The van der Waals surface area contributed by atoms with Crippen LogP contribution in [0.4, 0.5) is 0 Å². The van der Waals surface area contributed by atoms with Gasteiger partial charge in [-0.2, -0.15) is 0 Å². The van der Waals surface area contributed by atoms with Crippen LogP contribution < -0.4 is 0 Å². The molecule has 0 radical (unpaired) electrons. The van der Waals surface area contributed by atoms with E-state index in [1.807, 2.05) is 6.08 Å². The van der Waals surface area contributed by atoms with Gasteiger partial charge in [0.25, 0.3) is 0 Å². The molecule has 0 aromatic rings. The van der Waals surface area contributed by atoms with E-state index >= 15 is 0 Å². The highest BCUT2D eigenvalue weighted by atomic mass is 16.6. The van der Waals surface area contributed by atoms with E-state index in [2.05, 4.69) is 6.92 Å². The van der Waals surface area contributed by atoms with Crippen LogP contribution in [0, 0.1) is 0 Å². The highest BCUT2D eigenvalue weighted by Gasteiger charge is 2.35. The van der Waals surface area contributed by atoms with E-state index in [-0.39, 0.29) is 0 Å². The van der Waals surface area contributed by atoms with E-state index in [4.69, 9.17) is 4.74 Å². The minimum atomic E-state index is 0.469. The summed E-state index contributed by atoms with van der Waals surface area (Å²) < 4.78 is 5.32. The molecule has 0 aromatic heterocycles. The van der Waals surface area contributed by atoms with Gasteiger partial charge in [-0.05, 0) is 25.3 Å². The third kappa shape index (κ3) is 2.85. The lowest BCUT2D eigenvalue weighted by Crippen LogP contribution is -1.90. The third-order valence-corrected chi connectivity index (χ3v) is 1.92. The number of allylic oxidation sites excluding steroid dienone is 2. The summed E-state index contributed by atoms with van der Waals surface area (Å²) in [6.07, 6.45) is 8.34. The average molecular weight is 154 g/mol. The van der Waals surface area contributed by atoms with Crippen LogP contribution in [0.3, 0.4) is 0 Å². The van der Waals surface area contributed by atoms with Gasteiger partial charge >= 0.3 is 0 Å². The predicted molar refractivity (Wildman–Crippen MR) is 43.4 cm³/mol. The van der Waals surface area contributed by atoms with Crippen LogP contribution in [0.1, 0.15) is 26.2 Å². The first kappa shape index (κ1) is 8.47. The Morgan fingerprint density at radius 3 is 2.82 bits per heavy atom. The molecule has 1 saturated heterocycles. The Labute approximate surface area is 67.2 Å². The number of rotatable bonds is 5. The summed E-state index contributed by atoms with van der Waals surface area (Å²) in [6.45, 7) is 2.13. The number of carbonyl (C=O) groups is 1. The van der Waals surface area contributed by atoms with E-state index in [9.17, 15) is 4.79 Å². The van der Waals surface area contributed by atoms with Crippen LogP contribution >= 0.6 is 0 Å². The smallest absolute Gasteiger partial charge is 0.142 e. The van der Waals surface area contributed by atoms with Crippen LogP contribution in [-0.4, -0.2) is 18.5 Å². The zero-order valence-corrected chi connectivity index (χ0v) is 6.82. The molecule has 0 N–H and O–H groups in total. The minimum Gasteiger partial charge on any atom is -0.370 e.